The van der Waals surface area contributed by atoms with E-state index in [0.29, 0.717) is 31.7 Å². The van der Waals surface area contributed by atoms with Crippen molar-refractivity contribution in [2.75, 3.05) is 52.4 Å². The van der Waals surface area contributed by atoms with E-state index in [4.69, 9.17) is 4.74 Å². The lowest BCUT2D eigenvalue weighted by molar-refractivity contribution is -0.132. The van der Waals surface area contributed by atoms with E-state index in [1.165, 1.54) is 6.07 Å². The Hall–Kier alpha value is -1.57. The van der Waals surface area contributed by atoms with Crippen LogP contribution in [0.5, 0.6) is 0 Å². The van der Waals surface area contributed by atoms with Gasteiger partial charge in [-0.2, -0.15) is 0 Å². The number of rotatable bonds is 4. The number of piperazine rings is 1. The van der Waals surface area contributed by atoms with E-state index >= 15 is 0 Å². The Kier molecular flexibility index (Phi) is 5.76. The van der Waals surface area contributed by atoms with Gasteiger partial charge in [-0.3, -0.25) is 9.69 Å². The molecule has 1 N–H and O–H groups in total. The van der Waals surface area contributed by atoms with Gasteiger partial charge in [-0.25, -0.2) is 8.78 Å². The van der Waals surface area contributed by atoms with E-state index in [9.17, 15) is 13.6 Å². The van der Waals surface area contributed by atoms with E-state index in [-0.39, 0.29) is 12.0 Å². The lowest BCUT2D eigenvalue weighted by Crippen LogP contribution is -2.47. The molecule has 0 spiro atoms. The third-order valence-electron chi connectivity index (χ3n) is 4.58. The second-order valence-corrected chi connectivity index (χ2v) is 6.21. The highest BCUT2D eigenvalue weighted by Crippen LogP contribution is 2.23. The fourth-order valence-corrected chi connectivity index (χ4v) is 3.15. The molecule has 2 heterocycles. The lowest BCUT2D eigenvalue weighted by atomic mass is 10.1. The van der Waals surface area contributed by atoms with Gasteiger partial charge in [-0.1, -0.05) is 6.07 Å². The summed E-state index contributed by atoms with van der Waals surface area (Å²) < 4.78 is 32.1. The van der Waals surface area contributed by atoms with Crippen LogP contribution in [0, 0.1) is 11.6 Å². The van der Waals surface area contributed by atoms with Crippen LogP contribution in [0.1, 0.15) is 18.1 Å². The number of hydrogen-bond donors (Lipinski definition) is 1. The molecule has 132 valence electrons. The van der Waals surface area contributed by atoms with E-state index < -0.39 is 11.6 Å². The highest BCUT2D eigenvalue weighted by Gasteiger charge is 2.24. The van der Waals surface area contributed by atoms with E-state index in [1.807, 2.05) is 4.90 Å². The number of nitrogens with zero attached hydrogens (tertiary/aromatic N) is 2. The van der Waals surface area contributed by atoms with Crippen LogP contribution in [-0.2, 0) is 9.53 Å². The molecule has 5 nitrogen and oxygen atoms in total. The van der Waals surface area contributed by atoms with Gasteiger partial charge in [0.15, 0.2) is 11.6 Å². The van der Waals surface area contributed by atoms with E-state index in [2.05, 4.69) is 10.2 Å². The molecule has 1 aromatic rings. The van der Waals surface area contributed by atoms with Crippen LogP contribution >= 0.6 is 0 Å². The first kappa shape index (κ1) is 17.3. The first-order valence-corrected chi connectivity index (χ1v) is 8.41. The van der Waals surface area contributed by atoms with Crippen molar-refractivity contribution in [2.45, 2.75) is 12.5 Å². The molecule has 24 heavy (non-hydrogen) atoms. The maximum atomic E-state index is 13.4. The SMILES string of the molecule is O=C(CCN1CCOC(c2ccc(F)c(F)c2)C1)N1CCNCC1. The molecule has 3 rings (SSSR count). The number of carbonyl (C=O) groups excluding carboxylic acids is 1. The molecule has 0 bridgehead atoms. The Morgan fingerprint density at radius 1 is 1.21 bits per heavy atom. The second kappa shape index (κ2) is 8.00. The lowest BCUT2D eigenvalue weighted by Gasteiger charge is -2.34. The first-order chi connectivity index (χ1) is 11.6. The number of halogens is 2. The molecule has 0 saturated carbocycles. The number of nitrogens with one attached hydrogen (secondary N) is 1. The third kappa shape index (κ3) is 4.28. The van der Waals surface area contributed by atoms with Gasteiger partial charge in [0, 0.05) is 52.2 Å². The van der Waals surface area contributed by atoms with Gasteiger partial charge in [0.2, 0.25) is 5.91 Å². The summed E-state index contributed by atoms with van der Waals surface area (Å²) in [4.78, 5) is 16.3. The quantitative estimate of drug-likeness (QED) is 0.894. The van der Waals surface area contributed by atoms with Gasteiger partial charge < -0.3 is 15.0 Å². The van der Waals surface area contributed by atoms with E-state index in [0.717, 1.165) is 38.8 Å². The fraction of sp³-hybridized carbons (Fsp3) is 0.588. The molecule has 0 aliphatic carbocycles. The molecule has 1 amide bonds. The van der Waals surface area contributed by atoms with Crippen LogP contribution in [0.2, 0.25) is 0 Å². The summed E-state index contributed by atoms with van der Waals surface area (Å²) >= 11 is 0. The van der Waals surface area contributed by atoms with Crippen LogP contribution in [0.15, 0.2) is 18.2 Å². The minimum Gasteiger partial charge on any atom is -0.371 e. The van der Waals surface area contributed by atoms with Crippen molar-refractivity contribution in [1.82, 2.24) is 15.1 Å². The average Bonchev–Trinajstić information content (AvgIpc) is 2.63. The number of hydrogen-bond acceptors (Lipinski definition) is 4. The summed E-state index contributed by atoms with van der Waals surface area (Å²) in [7, 11) is 0. The second-order valence-electron chi connectivity index (χ2n) is 6.21. The largest absolute Gasteiger partial charge is 0.371 e. The molecule has 1 unspecified atom stereocenters. The minimum absolute atomic E-state index is 0.173. The normalized spacial score (nSPS) is 22.6. The van der Waals surface area contributed by atoms with Crippen molar-refractivity contribution in [3.05, 3.63) is 35.4 Å². The van der Waals surface area contributed by atoms with Gasteiger partial charge >= 0.3 is 0 Å². The van der Waals surface area contributed by atoms with Crippen molar-refractivity contribution >= 4 is 5.91 Å². The summed E-state index contributed by atoms with van der Waals surface area (Å²) in [6, 6.07) is 3.87. The fourth-order valence-electron chi connectivity index (χ4n) is 3.15. The molecular formula is C17H23F2N3O2. The van der Waals surface area contributed by atoms with Gasteiger partial charge in [-0.15, -0.1) is 0 Å². The molecule has 2 aliphatic rings. The predicted octanol–water partition coefficient (Wildman–Crippen LogP) is 1.16. The number of amides is 1. The highest BCUT2D eigenvalue weighted by atomic mass is 19.2. The zero-order valence-corrected chi connectivity index (χ0v) is 13.6. The molecule has 0 radical (unpaired) electrons. The molecule has 0 aromatic heterocycles. The zero-order valence-electron chi connectivity index (χ0n) is 13.6. The maximum Gasteiger partial charge on any atom is 0.223 e. The Labute approximate surface area is 140 Å². The van der Waals surface area contributed by atoms with Crippen molar-refractivity contribution in [1.29, 1.82) is 0 Å². The number of benzene rings is 1. The molecular weight excluding hydrogens is 316 g/mol. The monoisotopic (exact) mass is 339 g/mol. The molecule has 7 heteroatoms. The summed E-state index contributed by atoms with van der Waals surface area (Å²) in [5, 5.41) is 3.23. The maximum absolute atomic E-state index is 13.4. The highest BCUT2D eigenvalue weighted by molar-refractivity contribution is 5.76. The molecule has 2 saturated heterocycles. The Morgan fingerprint density at radius 2 is 2.00 bits per heavy atom. The predicted molar refractivity (Wildman–Crippen MR) is 85.6 cm³/mol. The van der Waals surface area contributed by atoms with Crippen molar-refractivity contribution in [3.8, 4) is 0 Å². The molecule has 2 aliphatic heterocycles. The standard InChI is InChI=1S/C17H23F2N3O2/c18-14-2-1-13(11-15(14)19)16-12-21(9-10-24-16)6-3-17(23)22-7-4-20-5-8-22/h1-2,11,16,20H,3-10,12H2. The van der Waals surface area contributed by atoms with Crippen LogP contribution in [0.25, 0.3) is 0 Å². The first-order valence-electron chi connectivity index (χ1n) is 8.41. The van der Waals surface area contributed by atoms with Crippen LogP contribution in [0.4, 0.5) is 8.78 Å². The number of morpholine rings is 1. The Balaban J connectivity index is 1.51. The summed E-state index contributed by atoms with van der Waals surface area (Å²) in [5.74, 6) is -1.54. The topological polar surface area (TPSA) is 44.8 Å². The molecule has 1 aromatic carbocycles. The van der Waals surface area contributed by atoms with E-state index in [1.54, 1.807) is 6.07 Å². The smallest absolute Gasteiger partial charge is 0.223 e. The Bertz CT molecular complexity index is 579. The Morgan fingerprint density at radius 3 is 2.75 bits per heavy atom. The van der Waals surface area contributed by atoms with Gasteiger partial charge in [0.1, 0.15) is 0 Å². The van der Waals surface area contributed by atoms with Crippen molar-refractivity contribution in [2.24, 2.45) is 0 Å². The van der Waals surface area contributed by atoms with Crippen molar-refractivity contribution in [3.63, 3.8) is 0 Å². The van der Waals surface area contributed by atoms with Gasteiger partial charge in [0.05, 0.1) is 12.7 Å². The van der Waals surface area contributed by atoms with Gasteiger partial charge in [0.25, 0.3) is 0 Å². The zero-order chi connectivity index (χ0) is 16.9. The summed E-state index contributed by atoms with van der Waals surface area (Å²) in [6.45, 7) is 5.73. The summed E-state index contributed by atoms with van der Waals surface area (Å²) in [5.41, 5.74) is 0.632. The van der Waals surface area contributed by atoms with Gasteiger partial charge in [-0.05, 0) is 17.7 Å². The van der Waals surface area contributed by atoms with Crippen LogP contribution in [-0.4, -0.2) is 68.1 Å². The average molecular weight is 339 g/mol. The minimum atomic E-state index is -0.859. The third-order valence-corrected chi connectivity index (χ3v) is 4.58. The number of carbonyl (C=O) groups is 1. The van der Waals surface area contributed by atoms with Crippen molar-refractivity contribution < 1.29 is 18.3 Å². The van der Waals surface area contributed by atoms with Crippen LogP contribution < -0.4 is 5.32 Å². The summed E-state index contributed by atoms with van der Waals surface area (Å²) in [6.07, 6.45) is 0.188. The number of ether oxygens (including phenoxy) is 1. The van der Waals surface area contributed by atoms with Crippen LogP contribution in [0.3, 0.4) is 0 Å². The molecule has 2 fully saturated rings. The molecule has 1 atom stereocenters.